The van der Waals surface area contributed by atoms with E-state index in [1.807, 2.05) is 31.2 Å². The minimum absolute atomic E-state index is 0.0878. The quantitative estimate of drug-likeness (QED) is 0.678. The zero-order valence-corrected chi connectivity index (χ0v) is 12.5. The van der Waals surface area contributed by atoms with E-state index >= 15 is 0 Å². The maximum absolute atomic E-state index is 11.9. The van der Waals surface area contributed by atoms with Crippen LogP contribution in [0.4, 0.5) is 11.5 Å². The fourth-order valence-electron chi connectivity index (χ4n) is 2.00. The summed E-state index contributed by atoms with van der Waals surface area (Å²) in [6.07, 6.45) is 2.11. The van der Waals surface area contributed by atoms with Gasteiger partial charge < -0.3 is 5.32 Å². The lowest BCUT2D eigenvalue weighted by atomic mass is 10.1. The van der Waals surface area contributed by atoms with E-state index < -0.39 is 4.92 Å². The van der Waals surface area contributed by atoms with Crippen LogP contribution in [-0.4, -0.2) is 15.8 Å². The first-order valence-corrected chi connectivity index (χ1v) is 6.92. The molecule has 22 heavy (non-hydrogen) atoms. The molecule has 114 valence electrons. The third kappa shape index (κ3) is 4.12. The molecule has 6 heteroatoms. The predicted molar refractivity (Wildman–Crippen MR) is 83.8 cm³/mol. The molecule has 6 nitrogen and oxygen atoms in total. The lowest BCUT2D eigenvalue weighted by molar-refractivity contribution is -0.385. The highest BCUT2D eigenvalue weighted by atomic mass is 16.6. The van der Waals surface area contributed by atoms with Gasteiger partial charge in [0.2, 0.25) is 5.91 Å². The van der Waals surface area contributed by atoms with Gasteiger partial charge in [-0.3, -0.25) is 14.9 Å². The number of aromatic nitrogens is 1. The van der Waals surface area contributed by atoms with Crippen molar-refractivity contribution < 1.29 is 9.72 Å². The monoisotopic (exact) mass is 299 g/mol. The van der Waals surface area contributed by atoms with Crippen LogP contribution in [0.3, 0.4) is 0 Å². The zero-order chi connectivity index (χ0) is 16.1. The van der Waals surface area contributed by atoms with Gasteiger partial charge in [-0.2, -0.15) is 0 Å². The van der Waals surface area contributed by atoms with Gasteiger partial charge in [0.25, 0.3) is 5.69 Å². The van der Waals surface area contributed by atoms with Gasteiger partial charge in [0, 0.05) is 12.5 Å². The number of aryl methyl sites for hydroxylation is 3. The number of nitrogens with zero attached hydrogens (tertiary/aromatic N) is 2. The van der Waals surface area contributed by atoms with Crippen LogP contribution in [-0.2, 0) is 11.2 Å². The summed E-state index contributed by atoms with van der Waals surface area (Å²) in [6, 6.07) is 9.41. The molecule has 0 fully saturated rings. The molecule has 0 bridgehead atoms. The molecule has 0 aliphatic heterocycles. The zero-order valence-electron chi connectivity index (χ0n) is 12.5. The Balaban J connectivity index is 1.94. The molecule has 0 saturated carbocycles. The van der Waals surface area contributed by atoms with Crippen LogP contribution >= 0.6 is 0 Å². The van der Waals surface area contributed by atoms with Crippen LogP contribution in [0, 0.1) is 24.0 Å². The molecule has 1 aromatic carbocycles. The van der Waals surface area contributed by atoms with E-state index in [2.05, 4.69) is 10.3 Å². The largest absolute Gasteiger partial charge is 0.310 e. The lowest BCUT2D eigenvalue weighted by Gasteiger charge is -2.07. The Morgan fingerprint density at radius 3 is 2.55 bits per heavy atom. The standard InChI is InChI=1S/C16H17N3O3/c1-11-3-5-13(6-4-11)7-8-15(20)18-16-12(2)9-14(10-17-16)19(21)22/h3-6,9-10H,7-8H2,1-2H3,(H,17,18,20). The van der Waals surface area contributed by atoms with Crippen LogP contribution in [0.1, 0.15) is 23.1 Å². The van der Waals surface area contributed by atoms with Gasteiger partial charge in [-0.25, -0.2) is 4.98 Å². The molecular weight excluding hydrogens is 282 g/mol. The summed E-state index contributed by atoms with van der Waals surface area (Å²) in [7, 11) is 0. The number of amides is 1. The summed E-state index contributed by atoms with van der Waals surface area (Å²) in [6.45, 7) is 3.69. The number of nitro groups is 1. The number of anilines is 1. The summed E-state index contributed by atoms with van der Waals surface area (Å²) >= 11 is 0. The number of nitrogens with one attached hydrogen (secondary N) is 1. The normalized spacial score (nSPS) is 10.3. The molecule has 2 rings (SSSR count). The molecule has 1 N–H and O–H groups in total. The predicted octanol–water partition coefficient (Wildman–Crippen LogP) is 3.18. The molecule has 1 amide bonds. The number of rotatable bonds is 5. The Labute approximate surface area is 128 Å². The minimum atomic E-state index is -0.511. The van der Waals surface area contributed by atoms with Crippen molar-refractivity contribution in [3.8, 4) is 0 Å². The summed E-state index contributed by atoms with van der Waals surface area (Å²) < 4.78 is 0. The third-order valence-electron chi connectivity index (χ3n) is 3.29. The SMILES string of the molecule is Cc1ccc(CCC(=O)Nc2ncc([N+](=O)[O-])cc2C)cc1. The summed E-state index contributed by atoms with van der Waals surface area (Å²) in [5.74, 6) is 0.199. The first-order chi connectivity index (χ1) is 10.5. The number of hydrogen-bond acceptors (Lipinski definition) is 4. The van der Waals surface area contributed by atoms with Gasteiger partial charge in [-0.1, -0.05) is 29.8 Å². The number of carbonyl (C=O) groups excluding carboxylic acids is 1. The van der Waals surface area contributed by atoms with Crippen molar-refractivity contribution in [3.05, 3.63) is 63.3 Å². The smallest absolute Gasteiger partial charge is 0.287 e. The van der Waals surface area contributed by atoms with Gasteiger partial charge in [-0.15, -0.1) is 0 Å². The summed E-state index contributed by atoms with van der Waals surface area (Å²) in [5, 5.41) is 13.3. The molecule has 0 spiro atoms. The Morgan fingerprint density at radius 1 is 1.27 bits per heavy atom. The second kappa shape index (κ2) is 6.80. The average molecular weight is 299 g/mol. The van der Waals surface area contributed by atoms with E-state index in [4.69, 9.17) is 0 Å². The maximum Gasteiger partial charge on any atom is 0.287 e. The van der Waals surface area contributed by atoms with E-state index in [-0.39, 0.29) is 11.6 Å². The highest BCUT2D eigenvalue weighted by molar-refractivity contribution is 5.90. The Bertz CT molecular complexity index is 696. The van der Waals surface area contributed by atoms with Crippen LogP contribution in [0.5, 0.6) is 0 Å². The molecule has 2 aromatic rings. The molecule has 1 aromatic heterocycles. The van der Waals surface area contributed by atoms with Crippen molar-refractivity contribution in [2.75, 3.05) is 5.32 Å². The average Bonchev–Trinajstić information content (AvgIpc) is 2.48. The van der Waals surface area contributed by atoms with E-state index in [1.54, 1.807) is 6.92 Å². The first kappa shape index (κ1) is 15.6. The molecule has 0 radical (unpaired) electrons. The van der Waals surface area contributed by atoms with Gasteiger partial charge >= 0.3 is 0 Å². The fourth-order valence-corrected chi connectivity index (χ4v) is 2.00. The second-order valence-corrected chi connectivity index (χ2v) is 5.15. The van der Waals surface area contributed by atoms with E-state index in [1.165, 1.54) is 11.6 Å². The van der Waals surface area contributed by atoms with Crippen molar-refractivity contribution in [1.82, 2.24) is 4.98 Å². The highest BCUT2D eigenvalue weighted by Crippen LogP contribution is 2.18. The number of hydrogen-bond donors (Lipinski definition) is 1. The molecule has 0 aliphatic rings. The number of carbonyl (C=O) groups is 1. The Kier molecular flexibility index (Phi) is 4.83. The second-order valence-electron chi connectivity index (χ2n) is 5.15. The van der Waals surface area contributed by atoms with E-state index in [0.29, 0.717) is 24.2 Å². The van der Waals surface area contributed by atoms with Crippen molar-refractivity contribution in [2.45, 2.75) is 26.7 Å². The topological polar surface area (TPSA) is 85.1 Å². The van der Waals surface area contributed by atoms with Crippen molar-refractivity contribution in [3.63, 3.8) is 0 Å². The van der Waals surface area contributed by atoms with E-state index in [9.17, 15) is 14.9 Å². The van der Waals surface area contributed by atoms with Crippen LogP contribution in [0.25, 0.3) is 0 Å². The van der Waals surface area contributed by atoms with Gasteiger partial charge in [0.05, 0.1) is 4.92 Å². The molecule has 0 saturated heterocycles. The molecule has 0 unspecified atom stereocenters. The Morgan fingerprint density at radius 2 is 1.95 bits per heavy atom. The lowest BCUT2D eigenvalue weighted by Crippen LogP contribution is -2.14. The van der Waals surface area contributed by atoms with Crippen LogP contribution in [0.15, 0.2) is 36.5 Å². The van der Waals surface area contributed by atoms with Crippen LogP contribution in [0.2, 0.25) is 0 Å². The highest BCUT2D eigenvalue weighted by Gasteiger charge is 2.11. The number of benzene rings is 1. The molecule has 0 aliphatic carbocycles. The first-order valence-electron chi connectivity index (χ1n) is 6.92. The third-order valence-corrected chi connectivity index (χ3v) is 3.29. The van der Waals surface area contributed by atoms with Crippen LogP contribution < -0.4 is 5.32 Å². The molecular formula is C16H17N3O3. The van der Waals surface area contributed by atoms with E-state index in [0.717, 1.165) is 11.8 Å². The molecule has 0 atom stereocenters. The maximum atomic E-state index is 11.9. The van der Waals surface area contributed by atoms with Gasteiger partial charge in [0.1, 0.15) is 12.0 Å². The molecule has 1 heterocycles. The number of pyridine rings is 1. The summed E-state index contributed by atoms with van der Waals surface area (Å²) in [4.78, 5) is 26.0. The minimum Gasteiger partial charge on any atom is -0.310 e. The fraction of sp³-hybridized carbons (Fsp3) is 0.250. The van der Waals surface area contributed by atoms with Crippen molar-refractivity contribution >= 4 is 17.4 Å². The van der Waals surface area contributed by atoms with Gasteiger partial charge in [-0.05, 0) is 31.4 Å². The van der Waals surface area contributed by atoms with Crippen molar-refractivity contribution in [1.29, 1.82) is 0 Å². The summed E-state index contributed by atoms with van der Waals surface area (Å²) in [5.41, 5.74) is 2.75. The van der Waals surface area contributed by atoms with Crippen molar-refractivity contribution in [2.24, 2.45) is 0 Å². The van der Waals surface area contributed by atoms with Gasteiger partial charge in [0.15, 0.2) is 0 Å². The Hall–Kier alpha value is -2.76.